The molecular weight excluding hydrogens is 317 g/mol. The molecule has 1 aliphatic heterocycles. The van der Waals surface area contributed by atoms with Crippen molar-refractivity contribution in [3.05, 3.63) is 34.1 Å². The first-order valence-electron chi connectivity index (χ1n) is 4.32. The van der Waals surface area contributed by atoms with E-state index in [-0.39, 0.29) is 5.82 Å². The lowest BCUT2D eigenvalue weighted by molar-refractivity contribution is 0.0376. The van der Waals surface area contributed by atoms with Crippen LogP contribution in [0.1, 0.15) is 18.1 Å². The maximum Gasteiger partial charge on any atom is 0.144 e. The van der Waals surface area contributed by atoms with Crippen LogP contribution in [0.15, 0.2) is 12.1 Å². The quantitative estimate of drug-likeness (QED) is 0.522. The van der Waals surface area contributed by atoms with Crippen molar-refractivity contribution < 1.29 is 9.13 Å². The number of hydrogen-bond donors (Lipinski definition) is 0. The third-order valence-electron chi connectivity index (χ3n) is 2.38. The van der Waals surface area contributed by atoms with Gasteiger partial charge in [-0.15, -0.1) is 0 Å². The van der Waals surface area contributed by atoms with Gasteiger partial charge >= 0.3 is 0 Å². The summed E-state index contributed by atoms with van der Waals surface area (Å²) in [5, 5.41) is 0.632. The van der Waals surface area contributed by atoms with Crippen molar-refractivity contribution in [2.75, 3.05) is 6.61 Å². The Balaban J connectivity index is 2.67. The van der Waals surface area contributed by atoms with Crippen molar-refractivity contribution in [3.8, 4) is 0 Å². The highest BCUT2D eigenvalue weighted by atomic mass is 127. The van der Waals surface area contributed by atoms with Gasteiger partial charge in [0.1, 0.15) is 9.43 Å². The number of rotatable bonds is 0. The first kappa shape index (κ1) is 10.6. The fourth-order valence-electron chi connectivity index (χ4n) is 1.74. The van der Waals surface area contributed by atoms with E-state index in [4.69, 9.17) is 16.3 Å². The Labute approximate surface area is 101 Å². The summed E-state index contributed by atoms with van der Waals surface area (Å²) >= 11 is 8.12. The van der Waals surface area contributed by atoms with Gasteiger partial charge < -0.3 is 4.74 Å². The molecular formula is C10H9ClFIO. The van der Waals surface area contributed by atoms with Crippen LogP contribution in [0.5, 0.6) is 0 Å². The predicted molar refractivity (Wildman–Crippen MR) is 62.4 cm³/mol. The van der Waals surface area contributed by atoms with Crippen LogP contribution in [0, 0.1) is 5.82 Å². The van der Waals surface area contributed by atoms with Crippen molar-refractivity contribution in [3.63, 3.8) is 0 Å². The molecule has 0 saturated heterocycles. The summed E-state index contributed by atoms with van der Waals surface area (Å²) < 4.78 is 18.5. The Morgan fingerprint density at radius 2 is 2.29 bits per heavy atom. The minimum absolute atomic E-state index is 0.235. The normalized spacial score (nSPS) is 26.0. The van der Waals surface area contributed by atoms with E-state index in [1.165, 1.54) is 6.07 Å². The molecule has 14 heavy (non-hydrogen) atoms. The molecule has 1 heterocycles. The van der Waals surface area contributed by atoms with Crippen LogP contribution in [0.3, 0.4) is 0 Å². The van der Waals surface area contributed by atoms with E-state index in [2.05, 4.69) is 22.6 Å². The van der Waals surface area contributed by atoms with Gasteiger partial charge in [0.05, 0.1) is 6.61 Å². The first-order valence-corrected chi connectivity index (χ1v) is 5.78. The molecule has 0 amide bonds. The Kier molecular flexibility index (Phi) is 2.74. The highest BCUT2D eigenvalue weighted by molar-refractivity contribution is 14.1. The molecule has 4 heteroatoms. The number of benzene rings is 1. The summed E-state index contributed by atoms with van der Waals surface area (Å²) in [6, 6.07) is 3.00. The van der Waals surface area contributed by atoms with Gasteiger partial charge in [-0.25, -0.2) is 4.39 Å². The van der Waals surface area contributed by atoms with Crippen LogP contribution in [-0.4, -0.2) is 6.61 Å². The van der Waals surface area contributed by atoms with Crippen molar-refractivity contribution in [1.82, 2.24) is 0 Å². The minimum Gasteiger partial charge on any atom is -0.360 e. The lowest BCUT2D eigenvalue weighted by Gasteiger charge is -2.31. The lowest BCUT2D eigenvalue weighted by Crippen LogP contribution is -2.28. The number of hydrogen-bond acceptors (Lipinski definition) is 1. The third kappa shape index (κ3) is 1.66. The molecule has 1 aliphatic rings. The molecule has 1 aromatic carbocycles. The smallest absolute Gasteiger partial charge is 0.144 e. The number of halogens is 3. The highest BCUT2D eigenvalue weighted by Gasteiger charge is 2.34. The average Bonchev–Trinajstić information content (AvgIpc) is 2.10. The van der Waals surface area contributed by atoms with E-state index in [1.54, 1.807) is 6.07 Å². The largest absolute Gasteiger partial charge is 0.360 e. The van der Waals surface area contributed by atoms with Gasteiger partial charge in [0, 0.05) is 10.6 Å². The molecule has 1 nitrogen and oxygen atoms in total. The van der Waals surface area contributed by atoms with Crippen LogP contribution < -0.4 is 0 Å². The molecule has 1 atom stereocenters. The average molecular weight is 327 g/mol. The molecule has 76 valence electrons. The molecule has 1 aromatic rings. The van der Waals surface area contributed by atoms with Gasteiger partial charge in [-0.05, 0) is 53.6 Å². The molecule has 0 aliphatic carbocycles. The first-order chi connectivity index (χ1) is 6.52. The van der Waals surface area contributed by atoms with Gasteiger partial charge in [-0.3, -0.25) is 0 Å². The van der Waals surface area contributed by atoms with Crippen molar-refractivity contribution in [2.24, 2.45) is 0 Å². The zero-order chi connectivity index (χ0) is 10.3. The molecule has 0 fully saturated rings. The molecule has 0 spiro atoms. The summed E-state index contributed by atoms with van der Waals surface area (Å²) in [5.41, 5.74) is 1.48. The second-order valence-electron chi connectivity index (χ2n) is 3.40. The van der Waals surface area contributed by atoms with E-state index in [0.717, 1.165) is 5.56 Å². The second-order valence-corrected chi connectivity index (χ2v) is 5.86. The van der Waals surface area contributed by atoms with Crippen molar-refractivity contribution in [1.29, 1.82) is 0 Å². The lowest BCUT2D eigenvalue weighted by atomic mass is 9.98. The minimum atomic E-state index is -0.597. The van der Waals surface area contributed by atoms with E-state index in [9.17, 15) is 4.39 Å². The summed E-state index contributed by atoms with van der Waals surface area (Å²) in [6.45, 7) is 2.45. The maximum atomic E-state index is 13.6. The molecule has 0 bridgehead atoms. The Hall–Kier alpha value is 0.130. The van der Waals surface area contributed by atoms with Gasteiger partial charge in [-0.1, -0.05) is 11.6 Å². The standard InChI is InChI=1S/C10H9ClFIO/c1-10(13)9-6(4-5-14-10)7(11)2-3-8(9)12/h2-3H,4-5H2,1H3. The molecule has 0 radical (unpaired) electrons. The Morgan fingerprint density at radius 3 is 2.93 bits per heavy atom. The zero-order valence-electron chi connectivity index (χ0n) is 7.61. The predicted octanol–water partition coefficient (Wildman–Crippen LogP) is 3.66. The van der Waals surface area contributed by atoms with E-state index in [1.807, 2.05) is 6.92 Å². The monoisotopic (exact) mass is 326 g/mol. The van der Waals surface area contributed by atoms with E-state index < -0.39 is 3.61 Å². The molecule has 2 rings (SSSR count). The van der Waals surface area contributed by atoms with E-state index in [0.29, 0.717) is 23.6 Å². The van der Waals surface area contributed by atoms with Gasteiger partial charge in [0.15, 0.2) is 0 Å². The second kappa shape index (κ2) is 3.61. The van der Waals surface area contributed by atoms with Crippen LogP contribution in [0.4, 0.5) is 4.39 Å². The SMILES string of the molecule is CC1(I)OCCc2c(Cl)ccc(F)c21. The van der Waals surface area contributed by atoms with Gasteiger partial charge in [0.25, 0.3) is 0 Å². The van der Waals surface area contributed by atoms with Gasteiger partial charge in [0.2, 0.25) is 0 Å². The number of alkyl halides is 1. The summed E-state index contributed by atoms with van der Waals surface area (Å²) in [4.78, 5) is 0. The van der Waals surface area contributed by atoms with Crippen molar-refractivity contribution in [2.45, 2.75) is 17.0 Å². The highest BCUT2D eigenvalue weighted by Crippen LogP contribution is 2.42. The van der Waals surface area contributed by atoms with Crippen molar-refractivity contribution >= 4 is 34.2 Å². The topological polar surface area (TPSA) is 9.23 Å². The molecule has 1 unspecified atom stereocenters. The molecule has 0 N–H and O–H groups in total. The summed E-state index contributed by atoms with van der Waals surface area (Å²) in [5.74, 6) is -0.235. The van der Waals surface area contributed by atoms with E-state index >= 15 is 0 Å². The van der Waals surface area contributed by atoms with Crippen LogP contribution in [-0.2, 0) is 14.8 Å². The van der Waals surface area contributed by atoms with Crippen LogP contribution >= 0.6 is 34.2 Å². The summed E-state index contributed by atoms with van der Waals surface area (Å²) in [7, 11) is 0. The fourth-order valence-corrected chi connectivity index (χ4v) is 2.79. The fraction of sp³-hybridized carbons (Fsp3) is 0.400. The number of ether oxygens (including phenoxy) is 1. The Bertz CT molecular complexity index is 379. The third-order valence-corrected chi connectivity index (χ3v) is 3.58. The zero-order valence-corrected chi connectivity index (χ0v) is 10.5. The summed E-state index contributed by atoms with van der Waals surface area (Å²) in [6.07, 6.45) is 0.685. The van der Waals surface area contributed by atoms with Crippen LogP contribution in [0.25, 0.3) is 0 Å². The van der Waals surface area contributed by atoms with Gasteiger partial charge in [-0.2, -0.15) is 0 Å². The molecule has 0 aromatic heterocycles. The van der Waals surface area contributed by atoms with Crippen LogP contribution in [0.2, 0.25) is 5.02 Å². The molecule has 0 saturated carbocycles. The number of fused-ring (bicyclic) bond motifs is 1. The Morgan fingerprint density at radius 1 is 1.57 bits per heavy atom. The maximum absolute atomic E-state index is 13.6.